The maximum Gasteiger partial charge on any atom is 0.0540 e. The highest BCUT2D eigenvalue weighted by Gasteiger charge is 2.38. The fourth-order valence-electron chi connectivity index (χ4n) is 12.7. The molecule has 2 nitrogen and oxygen atoms in total. The minimum atomic E-state index is -0.177. The number of benzene rings is 12. The Hall–Kier alpha value is -9.76. The molecule has 12 aromatic rings. The number of hydrogen-bond acceptors (Lipinski definition) is 2. The smallest absolute Gasteiger partial charge is 0.0540 e. The van der Waals surface area contributed by atoms with Gasteiger partial charge in [0.05, 0.1) is 11.4 Å². The molecule has 0 heterocycles. The zero-order chi connectivity index (χ0) is 54.0. The van der Waals surface area contributed by atoms with E-state index in [1.807, 2.05) is 0 Å². The van der Waals surface area contributed by atoms with Crippen LogP contribution in [0.4, 0.5) is 34.1 Å². The molecule has 0 saturated carbocycles. The van der Waals surface area contributed by atoms with Gasteiger partial charge in [-0.25, -0.2) is 0 Å². The molecule has 80 heavy (non-hydrogen) atoms. The van der Waals surface area contributed by atoms with Crippen molar-refractivity contribution in [3.05, 3.63) is 311 Å². The van der Waals surface area contributed by atoms with Gasteiger partial charge in [-0.1, -0.05) is 258 Å². The number of anilines is 6. The summed E-state index contributed by atoms with van der Waals surface area (Å²) in [6.45, 7) is 9.49. The minimum Gasteiger partial charge on any atom is -0.310 e. The van der Waals surface area contributed by atoms with E-state index in [4.69, 9.17) is 0 Å². The standard InChI is InChI=1S/C78H60N2/c1-77(2)71-49-55(37-45-67(71)69-47-43-63(51-73(69)77)79(61-21-7-5-8-22-61)75-27-15-19-59-17-11-13-25-65(59)75)31-29-53-33-39-57(40-34-53)58-41-35-54(36-42-58)30-32-56-38-46-68-70-48-44-64(52-74(70)78(3,4)72(68)50-56)80(62-23-9-6-10-24-62)76-28-16-20-60-18-12-14-26-66(60)76/h5-52H,1-4H3/b31-29+,32-30+. The molecule has 0 radical (unpaired) electrons. The largest absolute Gasteiger partial charge is 0.310 e. The fraction of sp³-hybridized carbons (Fsp3) is 0.0769. The van der Waals surface area contributed by atoms with Crippen LogP contribution in [0.15, 0.2) is 267 Å². The van der Waals surface area contributed by atoms with E-state index < -0.39 is 0 Å². The quantitative estimate of drug-likeness (QED) is 0.119. The van der Waals surface area contributed by atoms with Crippen molar-refractivity contribution in [1.82, 2.24) is 0 Å². The predicted octanol–water partition coefficient (Wildman–Crippen LogP) is 21.6. The molecule has 2 aliphatic carbocycles. The van der Waals surface area contributed by atoms with Crippen LogP contribution in [0.3, 0.4) is 0 Å². The Morgan fingerprint density at radius 3 is 1.00 bits per heavy atom. The molecule has 0 saturated heterocycles. The first kappa shape index (κ1) is 48.6. The van der Waals surface area contributed by atoms with Gasteiger partial charge in [-0.3, -0.25) is 0 Å². The lowest BCUT2D eigenvalue weighted by Crippen LogP contribution is -2.16. The third-order valence-corrected chi connectivity index (χ3v) is 17.0. The average molecular weight is 1030 g/mol. The van der Waals surface area contributed by atoms with E-state index in [-0.39, 0.29) is 10.8 Å². The molecule has 0 unspecified atom stereocenters. The number of fused-ring (bicyclic) bond motifs is 8. The molecule has 382 valence electrons. The van der Waals surface area contributed by atoms with Crippen molar-refractivity contribution in [2.75, 3.05) is 9.80 Å². The van der Waals surface area contributed by atoms with Gasteiger partial charge in [0.2, 0.25) is 0 Å². The van der Waals surface area contributed by atoms with Crippen LogP contribution in [-0.2, 0) is 10.8 Å². The van der Waals surface area contributed by atoms with Crippen molar-refractivity contribution in [1.29, 1.82) is 0 Å². The molecule has 0 atom stereocenters. The molecule has 0 amide bonds. The highest BCUT2D eigenvalue weighted by atomic mass is 15.1. The van der Waals surface area contributed by atoms with Crippen LogP contribution in [0.5, 0.6) is 0 Å². The van der Waals surface area contributed by atoms with E-state index in [9.17, 15) is 0 Å². The Kier molecular flexibility index (Phi) is 11.9. The molecule has 0 spiro atoms. The monoisotopic (exact) mass is 1020 g/mol. The van der Waals surface area contributed by atoms with Gasteiger partial charge in [0.1, 0.15) is 0 Å². The van der Waals surface area contributed by atoms with Crippen molar-refractivity contribution in [2.45, 2.75) is 38.5 Å². The number of hydrogen-bond donors (Lipinski definition) is 0. The molecule has 2 aliphatic rings. The van der Waals surface area contributed by atoms with Crippen molar-refractivity contribution in [2.24, 2.45) is 0 Å². The van der Waals surface area contributed by atoms with Crippen LogP contribution < -0.4 is 9.80 Å². The fourth-order valence-corrected chi connectivity index (χ4v) is 12.7. The first-order valence-corrected chi connectivity index (χ1v) is 28.0. The summed E-state index contributed by atoms with van der Waals surface area (Å²) in [5.41, 5.74) is 24.4. The highest BCUT2D eigenvalue weighted by molar-refractivity contribution is 6.01. The summed E-state index contributed by atoms with van der Waals surface area (Å²) in [4.78, 5) is 4.82. The second-order valence-electron chi connectivity index (χ2n) is 22.6. The van der Waals surface area contributed by atoms with Crippen LogP contribution in [0.2, 0.25) is 0 Å². The van der Waals surface area contributed by atoms with E-state index in [0.29, 0.717) is 0 Å². The zero-order valence-electron chi connectivity index (χ0n) is 45.6. The van der Waals surface area contributed by atoms with E-state index in [1.165, 1.54) is 111 Å². The van der Waals surface area contributed by atoms with Gasteiger partial charge in [0, 0.05) is 44.4 Å². The summed E-state index contributed by atoms with van der Waals surface area (Å²) in [5.74, 6) is 0. The Morgan fingerprint density at radius 1 is 0.263 bits per heavy atom. The Bertz CT molecular complexity index is 4090. The summed E-state index contributed by atoms with van der Waals surface area (Å²) in [6, 6.07) is 97.9. The lowest BCUT2D eigenvalue weighted by atomic mass is 9.81. The maximum atomic E-state index is 2.42. The van der Waals surface area contributed by atoms with Crippen LogP contribution in [0, 0.1) is 0 Å². The number of para-hydroxylation sites is 2. The van der Waals surface area contributed by atoms with Crippen molar-refractivity contribution in [3.8, 4) is 33.4 Å². The number of rotatable bonds is 11. The summed E-state index contributed by atoms with van der Waals surface area (Å²) in [6.07, 6.45) is 8.97. The van der Waals surface area contributed by atoms with E-state index in [0.717, 1.165) is 22.7 Å². The molecule has 0 aliphatic heterocycles. The minimum absolute atomic E-state index is 0.177. The SMILES string of the molecule is CC1(C)c2cc(/C=C/c3ccc(-c4ccc(/C=C/c5ccc6c(c5)C(C)(C)c5cc(N(c7ccccc7)c7cccc8ccccc78)ccc5-6)cc4)cc3)ccc2-c2ccc(N(c3ccccc3)c3cccc4ccccc34)cc21. The molecule has 0 bridgehead atoms. The van der Waals surface area contributed by atoms with Crippen LogP contribution in [0.25, 0.3) is 79.2 Å². The lowest BCUT2D eigenvalue weighted by Gasteiger charge is -2.29. The topological polar surface area (TPSA) is 6.48 Å². The van der Waals surface area contributed by atoms with E-state index in [1.54, 1.807) is 0 Å². The maximum absolute atomic E-state index is 2.42. The third kappa shape index (κ3) is 8.52. The summed E-state index contributed by atoms with van der Waals surface area (Å²) < 4.78 is 0. The molecule has 0 aromatic heterocycles. The average Bonchev–Trinajstić information content (AvgIpc) is 3.92. The van der Waals surface area contributed by atoms with Gasteiger partial charge in [0.25, 0.3) is 0 Å². The molecular formula is C78H60N2. The molecular weight excluding hydrogens is 965 g/mol. The van der Waals surface area contributed by atoms with Gasteiger partial charge < -0.3 is 9.80 Å². The Balaban J connectivity index is 0.661. The molecule has 0 fully saturated rings. The molecule has 0 N–H and O–H groups in total. The number of nitrogens with zero attached hydrogens (tertiary/aromatic N) is 2. The van der Waals surface area contributed by atoms with E-state index in [2.05, 4.69) is 329 Å². The second-order valence-corrected chi connectivity index (χ2v) is 22.6. The van der Waals surface area contributed by atoms with Gasteiger partial charge >= 0.3 is 0 Å². The van der Waals surface area contributed by atoms with Crippen LogP contribution in [-0.4, -0.2) is 0 Å². The second kappa shape index (κ2) is 19.6. The van der Waals surface area contributed by atoms with Crippen LogP contribution in [0.1, 0.15) is 72.2 Å². The molecule has 2 heteroatoms. The van der Waals surface area contributed by atoms with Crippen molar-refractivity contribution >= 4 is 80.0 Å². The van der Waals surface area contributed by atoms with Gasteiger partial charge in [0.15, 0.2) is 0 Å². The van der Waals surface area contributed by atoms with Gasteiger partial charge in [-0.2, -0.15) is 0 Å². The molecule has 12 aromatic carbocycles. The first-order valence-electron chi connectivity index (χ1n) is 28.0. The Morgan fingerprint density at radius 2 is 0.588 bits per heavy atom. The van der Waals surface area contributed by atoms with Crippen LogP contribution >= 0.6 is 0 Å². The molecule has 14 rings (SSSR count). The summed E-state index contributed by atoms with van der Waals surface area (Å²) in [5, 5.41) is 4.92. The normalized spacial score (nSPS) is 13.6. The zero-order valence-corrected chi connectivity index (χ0v) is 45.6. The summed E-state index contributed by atoms with van der Waals surface area (Å²) in [7, 11) is 0. The first-order chi connectivity index (χ1) is 39.2. The van der Waals surface area contributed by atoms with Gasteiger partial charge in [-0.05, 0) is 149 Å². The predicted molar refractivity (Wildman–Crippen MR) is 342 cm³/mol. The lowest BCUT2D eigenvalue weighted by molar-refractivity contribution is 0.660. The third-order valence-electron chi connectivity index (χ3n) is 17.0. The van der Waals surface area contributed by atoms with Gasteiger partial charge in [-0.15, -0.1) is 0 Å². The summed E-state index contributed by atoms with van der Waals surface area (Å²) >= 11 is 0. The van der Waals surface area contributed by atoms with Crippen molar-refractivity contribution in [3.63, 3.8) is 0 Å². The Labute approximate surface area is 470 Å². The van der Waals surface area contributed by atoms with Crippen molar-refractivity contribution < 1.29 is 0 Å². The van der Waals surface area contributed by atoms with E-state index >= 15 is 0 Å². The highest BCUT2D eigenvalue weighted by Crippen LogP contribution is 2.53.